The van der Waals surface area contributed by atoms with Crippen molar-refractivity contribution in [1.82, 2.24) is 20.2 Å². The number of piperidine rings is 1. The number of fused-ring (bicyclic) bond motifs is 1. The number of halogens is 2. The number of likely N-dealkylation sites (tertiary alicyclic amines) is 1. The zero-order valence-electron chi connectivity index (χ0n) is 13.1. The molecule has 0 amide bonds. The fraction of sp³-hybridized carbons (Fsp3) is 0.500. The van der Waals surface area contributed by atoms with Crippen LogP contribution < -0.4 is 10.9 Å². The van der Waals surface area contributed by atoms with E-state index in [1.807, 2.05) is 7.05 Å². The molecule has 1 atom stereocenters. The van der Waals surface area contributed by atoms with Gasteiger partial charge in [-0.3, -0.25) is 9.69 Å². The van der Waals surface area contributed by atoms with E-state index in [4.69, 9.17) is 11.6 Å². The van der Waals surface area contributed by atoms with Crippen molar-refractivity contribution in [3.63, 3.8) is 0 Å². The number of aromatic nitrogens is 2. The topological polar surface area (TPSA) is 61.0 Å². The van der Waals surface area contributed by atoms with Crippen LogP contribution in [0.4, 0.5) is 0 Å². The van der Waals surface area contributed by atoms with Crippen LogP contribution in [0.2, 0.25) is 5.02 Å². The molecule has 1 aromatic heterocycles. The lowest BCUT2D eigenvalue weighted by atomic mass is 9.98. The largest absolute Gasteiger partial charge is 0.319 e. The van der Waals surface area contributed by atoms with Gasteiger partial charge >= 0.3 is 0 Å². The van der Waals surface area contributed by atoms with E-state index >= 15 is 0 Å². The third-order valence-electron chi connectivity index (χ3n) is 4.19. The van der Waals surface area contributed by atoms with Gasteiger partial charge in [-0.2, -0.15) is 0 Å². The van der Waals surface area contributed by atoms with Crippen molar-refractivity contribution in [1.29, 1.82) is 0 Å². The van der Waals surface area contributed by atoms with Crippen molar-refractivity contribution >= 4 is 34.9 Å². The molecule has 1 unspecified atom stereocenters. The Morgan fingerprint density at radius 1 is 1.48 bits per heavy atom. The van der Waals surface area contributed by atoms with Crippen LogP contribution >= 0.6 is 24.0 Å². The molecule has 0 spiro atoms. The highest BCUT2D eigenvalue weighted by Crippen LogP contribution is 2.18. The normalized spacial score (nSPS) is 18.8. The maximum Gasteiger partial charge on any atom is 0.258 e. The Kier molecular flexibility index (Phi) is 6.41. The Labute approximate surface area is 146 Å². The van der Waals surface area contributed by atoms with E-state index in [1.165, 1.54) is 12.8 Å². The molecule has 5 nitrogen and oxygen atoms in total. The monoisotopic (exact) mass is 356 g/mol. The molecule has 1 aromatic carbocycles. The van der Waals surface area contributed by atoms with Gasteiger partial charge < -0.3 is 10.3 Å². The molecule has 0 aliphatic carbocycles. The first-order valence-corrected chi connectivity index (χ1v) is 8.09. The molecule has 2 N–H and O–H groups in total. The zero-order chi connectivity index (χ0) is 15.5. The molecule has 1 aliphatic rings. The lowest BCUT2D eigenvalue weighted by Crippen LogP contribution is -2.39. The number of nitrogens with one attached hydrogen (secondary N) is 2. The van der Waals surface area contributed by atoms with Crippen molar-refractivity contribution in [3.05, 3.63) is 39.4 Å². The van der Waals surface area contributed by atoms with E-state index in [9.17, 15) is 4.79 Å². The summed E-state index contributed by atoms with van der Waals surface area (Å²) in [6, 6.07) is 5.23. The van der Waals surface area contributed by atoms with Crippen molar-refractivity contribution in [2.45, 2.75) is 19.4 Å². The second-order valence-corrected chi connectivity index (χ2v) is 6.41. The molecule has 3 rings (SSSR count). The number of hydrogen-bond acceptors (Lipinski definition) is 4. The Morgan fingerprint density at radius 3 is 3.09 bits per heavy atom. The fourth-order valence-electron chi connectivity index (χ4n) is 3.20. The highest BCUT2D eigenvalue weighted by atomic mass is 35.5. The molecule has 1 aliphatic heterocycles. The van der Waals surface area contributed by atoms with Crippen LogP contribution in [-0.4, -0.2) is 41.5 Å². The first-order valence-electron chi connectivity index (χ1n) is 7.71. The highest BCUT2D eigenvalue weighted by Gasteiger charge is 2.20. The van der Waals surface area contributed by atoms with E-state index in [2.05, 4.69) is 20.2 Å². The van der Waals surface area contributed by atoms with Gasteiger partial charge in [-0.1, -0.05) is 11.6 Å². The van der Waals surface area contributed by atoms with Gasteiger partial charge in [0.2, 0.25) is 0 Å². The van der Waals surface area contributed by atoms with Crippen LogP contribution in [0.1, 0.15) is 18.7 Å². The second kappa shape index (κ2) is 8.11. The van der Waals surface area contributed by atoms with Crippen LogP contribution in [-0.2, 0) is 6.54 Å². The minimum absolute atomic E-state index is 0. The van der Waals surface area contributed by atoms with Crippen molar-refractivity contribution in [2.24, 2.45) is 5.92 Å². The second-order valence-electron chi connectivity index (χ2n) is 5.98. The first-order chi connectivity index (χ1) is 10.7. The lowest BCUT2D eigenvalue weighted by molar-refractivity contribution is 0.163. The van der Waals surface area contributed by atoms with Gasteiger partial charge in [-0.25, -0.2) is 4.98 Å². The van der Waals surface area contributed by atoms with Gasteiger partial charge in [0.25, 0.3) is 5.56 Å². The van der Waals surface area contributed by atoms with E-state index in [-0.39, 0.29) is 18.0 Å². The summed E-state index contributed by atoms with van der Waals surface area (Å²) in [4.78, 5) is 22.0. The SMILES string of the molecule is CNCC1CCCN(Cc2nc3ccc(Cl)cc3c(=O)[nH]2)C1.Cl. The summed E-state index contributed by atoms with van der Waals surface area (Å²) in [5.41, 5.74) is 0.582. The summed E-state index contributed by atoms with van der Waals surface area (Å²) in [7, 11) is 1.99. The van der Waals surface area contributed by atoms with Crippen LogP contribution in [0.5, 0.6) is 0 Å². The molecule has 2 aromatic rings. The first kappa shape index (κ1) is 18.2. The van der Waals surface area contributed by atoms with Crippen LogP contribution in [0.15, 0.2) is 23.0 Å². The van der Waals surface area contributed by atoms with E-state index in [0.29, 0.717) is 28.4 Å². The predicted octanol–water partition coefficient (Wildman–Crippen LogP) is 2.43. The molecular weight excluding hydrogens is 335 g/mol. The molecule has 2 heterocycles. The number of aromatic amines is 1. The third kappa shape index (κ3) is 4.44. The lowest BCUT2D eigenvalue weighted by Gasteiger charge is -2.32. The Bertz CT molecular complexity index is 717. The summed E-state index contributed by atoms with van der Waals surface area (Å²) in [5.74, 6) is 1.40. The predicted molar refractivity (Wildman–Crippen MR) is 96.5 cm³/mol. The Morgan fingerprint density at radius 2 is 2.30 bits per heavy atom. The summed E-state index contributed by atoms with van der Waals surface area (Å²) in [6.45, 7) is 3.83. The van der Waals surface area contributed by atoms with E-state index in [0.717, 1.165) is 25.5 Å². The van der Waals surface area contributed by atoms with Gasteiger partial charge in [-0.15, -0.1) is 12.4 Å². The third-order valence-corrected chi connectivity index (χ3v) is 4.42. The molecule has 23 heavy (non-hydrogen) atoms. The highest BCUT2D eigenvalue weighted by molar-refractivity contribution is 6.31. The zero-order valence-corrected chi connectivity index (χ0v) is 14.7. The molecule has 0 bridgehead atoms. The van der Waals surface area contributed by atoms with Crippen molar-refractivity contribution in [2.75, 3.05) is 26.7 Å². The van der Waals surface area contributed by atoms with Gasteiger partial charge in [0, 0.05) is 11.6 Å². The summed E-state index contributed by atoms with van der Waals surface area (Å²) in [5, 5.41) is 4.35. The molecule has 126 valence electrons. The smallest absolute Gasteiger partial charge is 0.258 e. The van der Waals surface area contributed by atoms with Gasteiger partial charge in [0.1, 0.15) is 5.82 Å². The minimum atomic E-state index is -0.119. The van der Waals surface area contributed by atoms with Gasteiger partial charge in [-0.05, 0) is 57.1 Å². The number of H-pyrrole nitrogens is 1. The fourth-order valence-corrected chi connectivity index (χ4v) is 3.37. The van der Waals surface area contributed by atoms with Crippen molar-refractivity contribution < 1.29 is 0 Å². The van der Waals surface area contributed by atoms with E-state index < -0.39 is 0 Å². The number of rotatable bonds is 4. The summed E-state index contributed by atoms with van der Waals surface area (Å²) < 4.78 is 0. The molecular formula is C16H22Cl2N4O. The molecule has 0 radical (unpaired) electrons. The number of hydrogen-bond donors (Lipinski definition) is 2. The summed E-state index contributed by atoms with van der Waals surface area (Å²) >= 11 is 5.94. The van der Waals surface area contributed by atoms with Crippen LogP contribution in [0.25, 0.3) is 10.9 Å². The van der Waals surface area contributed by atoms with Gasteiger partial charge in [0.15, 0.2) is 0 Å². The van der Waals surface area contributed by atoms with Crippen LogP contribution in [0, 0.1) is 5.92 Å². The Hall–Kier alpha value is -1.14. The number of benzene rings is 1. The average molecular weight is 357 g/mol. The standard InChI is InChI=1S/C16H21ClN4O.ClH/c1-18-8-11-3-2-6-21(9-11)10-15-19-14-5-4-12(17)7-13(14)16(22)20-15;/h4-5,7,11,18H,2-3,6,8-10H2,1H3,(H,19,20,22);1H. The Balaban J connectivity index is 0.00000192. The minimum Gasteiger partial charge on any atom is -0.319 e. The summed E-state index contributed by atoms with van der Waals surface area (Å²) in [6.07, 6.45) is 2.46. The average Bonchev–Trinajstić information content (AvgIpc) is 2.49. The molecule has 1 fully saturated rings. The molecule has 1 saturated heterocycles. The van der Waals surface area contributed by atoms with E-state index in [1.54, 1.807) is 18.2 Å². The van der Waals surface area contributed by atoms with Crippen molar-refractivity contribution in [3.8, 4) is 0 Å². The maximum atomic E-state index is 12.2. The maximum absolute atomic E-state index is 12.2. The van der Waals surface area contributed by atoms with Gasteiger partial charge in [0.05, 0.1) is 17.4 Å². The molecule has 0 saturated carbocycles. The number of nitrogens with zero attached hydrogens (tertiary/aromatic N) is 2. The quantitative estimate of drug-likeness (QED) is 0.882. The van der Waals surface area contributed by atoms with Crippen LogP contribution in [0.3, 0.4) is 0 Å². The molecule has 7 heteroatoms.